The van der Waals surface area contributed by atoms with Crippen LogP contribution in [0.25, 0.3) is 0 Å². The Hall–Kier alpha value is -1.71. The fraction of sp³-hybridized carbons (Fsp3) is 0.632. The summed E-state index contributed by atoms with van der Waals surface area (Å²) >= 11 is 0. The van der Waals surface area contributed by atoms with E-state index in [4.69, 9.17) is 15.0 Å². The maximum atomic E-state index is 11.4. The van der Waals surface area contributed by atoms with E-state index in [1.54, 1.807) is 0 Å². The van der Waals surface area contributed by atoms with Crippen LogP contribution in [0.2, 0.25) is 0 Å². The Morgan fingerprint density at radius 1 is 1.17 bits per heavy atom. The molecule has 3 aliphatic rings. The minimum absolute atomic E-state index is 0.160. The number of benzene rings is 1. The summed E-state index contributed by atoms with van der Waals surface area (Å²) in [6, 6.07) is 10.6. The van der Waals surface area contributed by atoms with Crippen LogP contribution in [0.3, 0.4) is 0 Å². The molecule has 0 unspecified atom stereocenters. The maximum Gasteiger partial charge on any atom is 0.302 e. The molecule has 0 saturated heterocycles. The summed E-state index contributed by atoms with van der Waals surface area (Å²) in [7, 11) is 0. The SMILES string of the molecule is CC(=O)OC[C@]12N=N[C@](c3ccccc3)([C@@H]3CCC[C@@H]31)C2(C)C. The molecule has 2 aliphatic carbocycles. The summed E-state index contributed by atoms with van der Waals surface area (Å²) < 4.78 is 5.48. The Morgan fingerprint density at radius 2 is 1.87 bits per heavy atom. The molecule has 4 nitrogen and oxygen atoms in total. The average molecular weight is 312 g/mol. The molecule has 23 heavy (non-hydrogen) atoms. The van der Waals surface area contributed by atoms with Crippen LogP contribution in [-0.2, 0) is 15.1 Å². The van der Waals surface area contributed by atoms with Gasteiger partial charge in [0.05, 0.1) is 0 Å². The summed E-state index contributed by atoms with van der Waals surface area (Å²) in [5.41, 5.74) is 0.436. The topological polar surface area (TPSA) is 51.0 Å². The Morgan fingerprint density at radius 3 is 2.57 bits per heavy atom. The van der Waals surface area contributed by atoms with E-state index in [9.17, 15) is 4.79 Å². The molecule has 2 saturated carbocycles. The number of hydrogen-bond acceptors (Lipinski definition) is 4. The second-order valence-electron chi connectivity index (χ2n) is 7.81. The Labute approximate surface area is 137 Å². The van der Waals surface area contributed by atoms with Gasteiger partial charge in [0.15, 0.2) is 0 Å². The van der Waals surface area contributed by atoms with Crippen molar-refractivity contribution in [1.29, 1.82) is 0 Å². The molecular formula is C19H24N2O2. The van der Waals surface area contributed by atoms with Crippen LogP contribution in [0.5, 0.6) is 0 Å². The lowest BCUT2D eigenvalue weighted by atomic mass is 9.63. The van der Waals surface area contributed by atoms with E-state index < -0.39 is 0 Å². The van der Waals surface area contributed by atoms with Crippen molar-refractivity contribution in [2.75, 3.05) is 6.61 Å². The van der Waals surface area contributed by atoms with Crippen LogP contribution in [0, 0.1) is 17.3 Å². The van der Waals surface area contributed by atoms with Crippen molar-refractivity contribution in [3.05, 3.63) is 35.9 Å². The van der Waals surface area contributed by atoms with Crippen LogP contribution in [0.4, 0.5) is 0 Å². The van der Waals surface area contributed by atoms with Crippen molar-refractivity contribution in [2.45, 2.75) is 51.1 Å². The van der Waals surface area contributed by atoms with Gasteiger partial charge in [-0.2, -0.15) is 10.2 Å². The molecule has 0 spiro atoms. The molecule has 2 fully saturated rings. The van der Waals surface area contributed by atoms with Crippen molar-refractivity contribution in [3.63, 3.8) is 0 Å². The van der Waals surface area contributed by atoms with E-state index in [2.05, 4.69) is 38.1 Å². The van der Waals surface area contributed by atoms with Gasteiger partial charge in [-0.15, -0.1) is 0 Å². The molecule has 0 N–H and O–H groups in total. The van der Waals surface area contributed by atoms with Gasteiger partial charge in [0.1, 0.15) is 17.7 Å². The summed E-state index contributed by atoms with van der Waals surface area (Å²) in [5.74, 6) is 0.714. The molecule has 4 atom stereocenters. The highest BCUT2D eigenvalue weighted by Gasteiger charge is 2.78. The fourth-order valence-electron chi connectivity index (χ4n) is 5.71. The zero-order chi connectivity index (χ0) is 16.3. The van der Waals surface area contributed by atoms with Crippen LogP contribution < -0.4 is 0 Å². The molecule has 2 bridgehead atoms. The summed E-state index contributed by atoms with van der Waals surface area (Å²) in [6.45, 7) is 6.36. The molecule has 0 amide bonds. The highest BCUT2D eigenvalue weighted by Crippen LogP contribution is 2.74. The second-order valence-corrected chi connectivity index (χ2v) is 7.81. The number of carbonyl (C=O) groups is 1. The van der Waals surface area contributed by atoms with Crippen molar-refractivity contribution in [1.82, 2.24) is 0 Å². The second kappa shape index (κ2) is 4.65. The lowest BCUT2D eigenvalue weighted by Crippen LogP contribution is -2.49. The highest BCUT2D eigenvalue weighted by atomic mass is 16.5. The quantitative estimate of drug-likeness (QED) is 0.789. The third-order valence-electron chi connectivity index (χ3n) is 6.80. The zero-order valence-corrected chi connectivity index (χ0v) is 14.1. The summed E-state index contributed by atoms with van der Waals surface area (Å²) in [4.78, 5) is 11.4. The van der Waals surface area contributed by atoms with Crippen LogP contribution in [0.1, 0.15) is 45.6 Å². The number of esters is 1. The van der Waals surface area contributed by atoms with E-state index in [1.165, 1.54) is 25.3 Å². The zero-order valence-electron chi connectivity index (χ0n) is 14.1. The number of ether oxygens (including phenoxy) is 1. The Balaban J connectivity index is 1.86. The Bertz CT molecular complexity index is 669. The largest absolute Gasteiger partial charge is 0.463 e. The molecule has 0 radical (unpaired) electrons. The minimum atomic E-state index is -0.379. The Kier molecular flexibility index (Phi) is 3.00. The number of fused-ring (bicyclic) bond motifs is 5. The first-order chi connectivity index (χ1) is 11.0. The van der Waals surface area contributed by atoms with E-state index in [-0.39, 0.29) is 22.5 Å². The predicted octanol–water partition coefficient (Wildman–Crippen LogP) is 4.11. The standard InChI is InChI=1S/C19H24N2O2/c1-13(22)23-12-18-15-10-7-11-16(15)19(21-20-18,17(18,2)3)14-8-5-4-6-9-14/h4-6,8-9,15-16H,7,10-12H2,1-3H3/t15-,16+,18-,19+/m0/s1. The van der Waals surface area contributed by atoms with Gasteiger partial charge in [0, 0.05) is 12.3 Å². The van der Waals surface area contributed by atoms with E-state index in [0.29, 0.717) is 18.4 Å². The number of carbonyl (C=O) groups excluding carboxylic acids is 1. The first-order valence-electron chi connectivity index (χ1n) is 8.59. The lowest BCUT2D eigenvalue weighted by molar-refractivity contribution is -0.144. The average Bonchev–Trinajstić information content (AvgIpc) is 3.14. The fourth-order valence-corrected chi connectivity index (χ4v) is 5.71. The van der Waals surface area contributed by atoms with Gasteiger partial charge in [-0.1, -0.05) is 50.6 Å². The van der Waals surface area contributed by atoms with Crippen molar-refractivity contribution in [2.24, 2.45) is 27.5 Å². The molecule has 4 rings (SSSR count). The number of nitrogens with zero attached hydrogens (tertiary/aromatic N) is 2. The van der Waals surface area contributed by atoms with E-state index in [0.717, 1.165) is 6.42 Å². The first kappa shape index (κ1) is 14.9. The first-order valence-corrected chi connectivity index (χ1v) is 8.59. The monoisotopic (exact) mass is 312 g/mol. The molecule has 122 valence electrons. The lowest BCUT2D eigenvalue weighted by Gasteiger charge is -2.41. The smallest absolute Gasteiger partial charge is 0.302 e. The molecule has 0 aromatic heterocycles. The van der Waals surface area contributed by atoms with Gasteiger partial charge in [0.2, 0.25) is 0 Å². The normalized spacial score (nSPS) is 39.4. The molecule has 4 heteroatoms. The van der Waals surface area contributed by atoms with E-state index >= 15 is 0 Å². The minimum Gasteiger partial charge on any atom is -0.463 e. The van der Waals surface area contributed by atoms with E-state index in [1.807, 2.05) is 6.07 Å². The molecular weight excluding hydrogens is 288 g/mol. The number of rotatable bonds is 3. The van der Waals surface area contributed by atoms with Gasteiger partial charge >= 0.3 is 5.97 Å². The van der Waals surface area contributed by atoms with Crippen molar-refractivity contribution < 1.29 is 9.53 Å². The van der Waals surface area contributed by atoms with Gasteiger partial charge in [0.25, 0.3) is 0 Å². The maximum absolute atomic E-state index is 11.4. The highest BCUT2D eigenvalue weighted by molar-refractivity contribution is 5.66. The number of azo groups is 1. The van der Waals surface area contributed by atoms with Crippen molar-refractivity contribution >= 4 is 5.97 Å². The van der Waals surface area contributed by atoms with Gasteiger partial charge < -0.3 is 4.74 Å². The van der Waals surface area contributed by atoms with Gasteiger partial charge in [-0.3, -0.25) is 4.79 Å². The molecule has 1 aliphatic heterocycles. The third kappa shape index (κ3) is 1.59. The summed E-state index contributed by atoms with van der Waals surface area (Å²) in [5, 5.41) is 9.68. The molecule has 1 aromatic rings. The van der Waals surface area contributed by atoms with Crippen LogP contribution in [-0.4, -0.2) is 18.1 Å². The van der Waals surface area contributed by atoms with Gasteiger partial charge in [-0.25, -0.2) is 0 Å². The van der Waals surface area contributed by atoms with Crippen LogP contribution >= 0.6 is 0 Å². The van der Waals surface area contributed by atoms with Crippen molar-refractivity contribution in [3.8, 4) is 0 Å². The van der Waals surface area contributed by atoms with Gasteiger partial charge in [-0.05, 0) is 30.2 Å². The molecule has 1 heterocycles. The van der Waals surface area contributed by atoms with Crippen LogP contribution in [0.15, 0.2) is 40.6 Å². The number of hydrogen-bond donors (Lipinski definition) is 0. The summed E-state index contributed by atoms with van der Waals surface area (Å²) in [6.07, 6.45) is 3.56. The predicted molar refractivity (Wildman–Crippen MR) is 87.0 cm³/mol. The molecule has 1 aromatic carbocycles. The third-order valence-corrected chi connectivity index (χ3v) is 6.80.